The van der Waals surface area contributed by atoms with Gasteiger partial charge < -0.3 is 10.1 Å². The monoisotopic (exact) mass is 318 g/mol. The quantitative estimate of drug-likeness (QED) is 0.762. The second-order valence-electron chi connectivity index (χ2n) is 6.69. The summed E-state index contributed by atoms with van der Waals surface area (Å²) < 4.78 is 5.16. The van der Waals surface area contributed by atoms with Crippen molar-refractivity contribution in [3.8, 4) is 0 Å². The van der Waals surface area contributed by atoms with Gasteiger partial charge in [-0.2, -0.15) is 0 Å². The highest BCUT2D eigenvalue weighted by Crippen LogP contribution is 2.38. The summed E-state index contributed by atoms with van der Waals surface area (Å²) >= 11 is 0. The minimum atomic E-state index is -0.456. The molecule has 1 aromatic carbocycles. The average Bonchev–Trinajstić information content (AvgIpc) is 2.45. The Balaban J connectivity index is 1.93. The van der Waals surface area contributed by atoms with E-state index in [2.05, 4.69) is 17.6 Å². The van der Waals surface area contributed by atoms with E-state index in [1.54, 1.807) is 6.07 Å². The van der Waals surface area contributed by atoms with Crippen molar-refractivity contribution in [2.45, 2.75) is 58.3 Å². The van der Waals surface area contributed by atoms with Crippen molar-refractivity contribution in [3.63, 3.8) is 0 Å². The van der Waals surface area contributed by atoms with E-state index in [9.17, 15) is 9.59 Å². The van der Waals surface area contributed by atoms with Gasteiger partial charge in [0, 0.05) is 23.2 Å². The number of rotatable bonds is 6. The molecule has 5 nitrogen and oxygen atoms in total. The van der Waals surface area contributed by atoms with Crippen LogP contribution in [0.4, 0.5) is 16.2 Å². The molecule has 0 atom stereocenters. The first-order valence-electron chi connectivity index (χ1n) is 8.30. The van der Waals surface area contributed by atoms with Crippen molar-refractivity contribution >= 4 is 23.4 Å². The van der Waals surface area contributed by atoms with Crippen LogP contribution >= 0.6 is 0 Å². The molecule has 2 rings (SSSR count). The number of benzene rings is 1. The standard InChI is InChI=1S/C18H26N2O3/c1-4-5-6-7-10-23-17(22)19-13-8-9-14-15(11-13)20-16(21)12-18(14,2)3/h8-9,11H,4-7,10,12H2,1-3H3,(H,19,22)(H,20,21). The predicted octanol–water partition coefficient (Wildman–Crippen LogP) is 4.44. The Morgan fingerprint density at radius 3 is 2.83 bits per heavy atom. The van der Waals surface area contributed by atoms with Gasteiger partial charge >= 0.3 is 6.09 Å². The van der Waals surface area contributed by atoms with Crippen molar-refractivity contribution in [2.75, 3.05) is 17.2 Å². The van der Waals surface area contributed by atoms with E-state index in [0.717, 1.165) is 36.9 Å². The third-order valence-electron chi connectivity index (χ3n) is 4.10. The zero-order valence-electron chi connectivity index (χ0n) is 14.2. The van der Waals surface area contributed by atoms with E-state index in [-0.39, 0.29) is 11.3 Å². The van der Waals surface area contributed by atoms with Crippen LogP contribution in [0.25, 0.3) is 0 Å². The van der Waals surface area contributed by atoms with E-state index in [0.29, 0.717) is 18.7 Å². The van der Waals surface area contributed by atoms with E-state index < -0.39 is 6.09 Å². The van der Waals surface area contributed by atoms with Crippen LogP contribution in [-0.4, -0.2) is 18.6 Å². The minimum absolute atomic E-state index is 0.00171. The zero-order valence-corrected chi connectivity index (χ0v) is 14.2. The Morgan fingerprint density at radius 1 is 1.30 bits per heavy atom. The fourth-order valence-corrected chi connectivity index (χ4v) is 2.85. The van der Waals surface area contributed by atoms with Gasteiger partial charge in [0.05, 0.1) is 6.61 Å². The summed E-state index contributed by atoms with van der Waals surface area (Å²) in [6.07, 6.45) is 4.28. The Hall–Kier alpha value is -2.04. The summed E-state index contributed by atoms with van der Waals surface area (Å²) in [6, 6.07) is 5.58. The third kappa shape index (κ3) is 4.71. The van der Waals surface area contributed by atoms with Crippen LogP contribution < -0.4 is 10.6 Å². The largest absolute Gasteiger partial charge is 0.449 e. The first-order chi connectivity index (χ1) is 10.9. The normalized spacial score (nSPS) is 15.5. The number of carbonyl (C=O) groups is 2. The molecule has 0 aromatic heterocycles. The van der Waals surface area contributed by atoms with Crippen molar-refractivity contribution in [2.24, 2.45) is 0 Å². The Labute approximate surface area is 137 Å². The highest BCUT2D eigenvalue weighted by atomic mass is 16.5. The molecule has 0 aliphatic carbocycles. The van der Waals surface area contributed by atoms with Gasteiger partial charge in [-0.1, -0.05) is 46.1 Å². The maximum Gasteiger partial charge on any atom is 0.411 e. The van der Waals surface area contributed by atoms with Gasteiger partial charge in [0.1, 0.15) is 0 Å². The van der Waals surface area contributed by atoms with Crippen LogP contribution in [0.3, 0.4) is 0 Å². The highest BCUT2D eigenvalue weighted by molar-refractivity contribution is 5.97. The second kappa shape index (κ2) is 7.49. The second-order valence-corrected chi connectivity index (χ2v) is 6.69. The summed E-state index contributed by atoms with van der Waals surface area (Å²) in [7, 11) is 0. The van der Waals surface area contributed by atoms with Gasteiger partial charge in [-0.25, -0.2) is 4.79 Å². The number of amides is 2. The number of fused-ring (bicyclic) bond motifs is 1. The lowest BCUT2D eigenvalue weighted by Gasteiger charge is -2.32. The predicted molar refractivity (Wildman–Crippen MR) is 91.8 cm³/mol. The minimum Gasteiger partial charge on any atom is -0.449 e. The van der Waals surface area contributed by atoms with Crippen molar-refractivity contribution < 1.29 is 14.3 Å². The number of unbranched alkanes of at least 4 members (excludes halogenated alkanes) is 3. The average molecular weight is 318 g/mol. The van der Waals surface area contributed by atoms with E-state index in [4.69, 9.17) is 4.74 Å². The summed E-state index contributed by atoms with van der Waals surface area (Å²) in [5, 5.41) is 5.58. The first-order valence-corrected chi connectivity index (χ1v) is 8.30. The summed E-state index contributed by atoms with van der Waals surface area (Å²) in [5.41, 5.74) is 2.26. The number of hydrogen-bond donors (Lipinski definition) is 2. The summed E-state index contributed by atoms with van der Waals surface area (Å²) in [6.45, 7) is 6.66. The molecule has 23 heavy (non-hydrogen) atoms. The highest BCUT2D eigenvalue weighted by Gasteiger charge is 2.31. The molecule has 0 fully saturated rings. The van der Waals surface area contributed by atoms with Crippen LogP contribution in [0.1, 0.15) is 58.4 Å². The molecular formula is C18H26N2O3. The maximum atomic E-state index is 11.8. The van der Waals surface area contributed by atoms with E-state index in [1.807, 2.05) is 26.0 Å². The molecule has 2 amide bonds. The fourth-order valence-electron chi connectivity index (χ4n) is 2.85. The number of ether oxygens (including phenoxy) is 1. The molecular weight excluding hydrogens is 292 g/mol. The molecule has 0 bridgehead atoms. The third-order valence-corrected chi connectivity index (χ3v) is 4.10. The molecule has 5 heteroatoms. The van der Waals surface area contributed by atoms with Crippen LogP contribution in [0.2, 0.25) is 0 Å². The lowest BCUT2D eigenvalue weighted by Crippen LogP contribution is -2.32. The van der Waals surface area contributed by atoms with Crippen LogP contribution in [0, 0.1) is 0 Å². The Morgan fingerprint density at radius 2 is 2.09 bits per heavy atom. The van der Waals surface area contributed by atoms with Crippen molar-refractivity contribution in [3.05, 3.63) is 23.8 Å². The Kier molecular flexibility index (Phi) is 5.64. The Bertz CT molecular complexity index is 582. The molecule has 0 spiro atoms. The number of anilines is 2. The van der Waals surface area contributed by atoms with Gasteiger partial charge in [0.25, 0.3) is 0 Å². The van der Waals surface area contributed by atoms with E-state index >= 15 is 0 Å². The summed E-state index contributed by atoms with van der Waals surface area (Å²) in [5.74, 6) is -0.00171. The van der Waals surface area contributed by atoms with Gasteiger partial charge in [-0.3, -0.25) is 10.1 Å². The number of hydrogen-bond acceptors (Lipinski definition) is 3. The van der Waals surface area contributed by atoms with Crippen molar-refractivity contribution in [1.82, 2.24) is 0 Å². The maximum absolute atomic E-state index is 11.8. The van der Waals surface area contributed by atoms with Gasteiger partial charge in [0.15, 0.2) is 0 Å². The lowest BCUT2D eigenvalue weighted by atomic mass is 9.78. The molecule has 0 saturated carbocycles. The molecule has 1 aromatic rings. The molecule has 0 radical (unpaired) electrons. The van der Waals surface area contributed by atoms with E-state index in [1.165, 1.54) is 0 Å². The molecule has 1 aliphatic rings. The smallest absolute Gasteiger partial charge is 0.411 e. The van der Waals surface area contributed by atoms with Crippen LogP contribution in [-0.2, 0) is 14.9 Å². The number of carbonyl (C=O) groups excluding carboxylic acids is 2. The van der Waals surface area contributed by atoms with Crippen LogP contribution in [0.15, 0.2) is 18.2 Å². The first kappa shape index (κ1) is 17.3. The lowest BCUT2D eigenvalue weighted by molar-refractivity contribution is -0.117. The molecule has 0 unspecified atom stereocenters. The van der Waals surface area contributed by atoms with Gasteiger partial charge in [-0.15, -0.1) is 0 Å². The SMILES string of the molecule is CCCCCCOC(=O)Nc1ccc2c(c1)NC(=O)CC2(C)C. The van der Waals surface area contributed by atoms with Gasteiger partial charge in [-0.05, 0) is 24.1 Å². The zero-order chi connectivity index (χ0) is 16.9. The van der Waals surface area contributed by atoms with Crippen molar-refractivity contribution in [1.29, 1.82) is 0 Å². The number of nitrogens with one attached hydrogen (secondary N) is 2. The molecule has 0 saturated heterocycles. The topological polar surface area (TPSA) is 67.4 Å². The van der Waals surface area contributed by atoms with Gasteiger partial charge in [0.2, 0.25) is 5.91 Å². The summed E-state index contributed by atoms with van der Waals surface area (Å²) in [4.78, 5) is 23.6. The molecule has 1 aliphatic heterocycles. The molecule has 126 valence electrons. The molecule has 2 N–H and O–H groups in total. The molecule has 1 heterocycles. The van der Waals surface area contributed by atoms with Crippen LogP contribution in [0.5, 0.6) is 0 Å². The fraction of sp³-hybridized carbons (Fsp3) is 0.556.